The monoisotopic (exact) mass is 368 g/mol. The Morgan fingerprint density at radius 3 is 2.27 bits per heavy atom. The van der Waals surface area contributed by atoms with Crippen LogP contribution >= 0.6 is 11.6 Å². The van der Waals surface area contributed by atoms with Gasteiger partial charge in [0.25, 0.3) is 0 Å². The lowest BCUT2D eigenvalue weighted by Gasteiger charge is -2.11. The van der Waals surface area contributed by atoms with Gasteiger partial charge in [0, 0.05) is 22.5 Å². The summed E-state index contributed by atoms with van der Waals surface area (Å²) in [4.78, 5) is 20.4. The molecular formula is C19H17ClN4O2. The third-order valence-corrected chi connectivity index (χ3v) is 3.76. The zero-order chi connectivity index (χ0) is 18.5. The van der Waals surface area contributed by atoms with Crippen LogP contribution in [0.5, 0.6) is 0 Å². The predicted octanol–water partition coefficient (Wildman–Crippen LogP) is 4.71. The summed E-state index contributed by atoms with van der Waals surface area (Å²) in [5.74, 6) is 1.47. The summed E-state index contributed by atoms with van der Waals surface area (Å²) in [6.07, 6.45) is 0. The molecule has 1 heterocycles. The van der Waals surface area contributed by atoms with Crippen molar-refractivity contribution in [1.29, 1.82) is 0 Å². The lowest BCUT2D eigenvalue weighted by atomic mass is 10.2. The summed E-state index contributed by atoms with van der Waals surface area (Å²) in [6.45, 7) is 1.81. The zero-order valence-corrected chi connectivity index (χ0v) is 15.0. The molecule has 0 radical (unpaired) electrons. The van der Waals surface area contributed by atoms with Crippen LogP contribution in [0.2, 0.25) is 5.02 Å². The Kier molecular flexibility index (Phi) is 5.34. The van der Waals surface area contributed by atoms with Gasteiger partial charge in [-0.1, -0.05) is 17.7 Å². The molecule has 0 unspecified atom stereocenters. The molecule has 7 heteroatoms. The van der Waals surface area contributed by atoms with E-state index < -0.39 is 5.97 Å². The van der Waals surface area contributed by atoms with E-state index in [2.05, 4.69) is 20.6 Å². The summed E-state index contributed by atoms with van der Waals surface area (Å²) in [7, 11) is 1.35. The third-order valence-electron chi connectivity index (χ3n) is 3.51. The van der Waals surface area contributed by atoms with Crippen LogP contribution in [0.1, 0.15) is 16.2 Å². The van der Waals surface area contributed by atoms with Crippen LogP contribution in [-0.2, 0) is 4.74 Å². The molecule has 2 aromatic carbocycles. The molecule has 2 N–H and O–H groups in total. The van der Waals surface area contributed by atoms with Crippen LogP contribution in [0.25, 0.3) is 0 Å². The highest BCUT2D eigenvalue weighted by Gasteiger charge is 2.07. The number of ether oxygens (including phenoxy) is 1. The molecule has 0 aliphatic heterocycles. The van der Waals surface area contributed by atoms with E-state index in [-0.39, 0.29) is 0 Å². The Balaban J connectivity index is 1.81. The Morgan fingerprint density at radius 1 is 0.962 bits per heavy atom. The van der Waals surface area contributed by atoms with Crippen molar-refractivity contribution >= 4 is 40.6 Å². The number of halogens is 1. The van der Waals surface area contributed by atoms with E-state index in [0.29, 0.717) is 28.0 Å². The molecule has 0 aliphatic carbocycles. The van der Waals surface area contributed by atoms with E-state index in [0.717, 1.165) is 11.4 Å². The molecule has 0 fully saturated rings. The lowest BCUT2D eigenvalue weighted by molar-refractivity contribution is 0.0601. The molecule has 0 saturated heterocycles. The molecule has 26 heavy (non-hydrogen) atoms. The fourth-order valence-electron chi connectivity index (χ4n) is 2.37. The number of hydrogen-bond donors (Lipinski definition) is 2. The van der Waals surface area contributed by atoms with E-state index >= 15 is 0 Å². The highest BCUT2D eigenvalue weighted by Crippen LogP contribution is 2.22. The number of nitrogens with zero attached hydrogens (tertiary/aromatic N) is 2. The van der Waals surface area contributed by atoms with Crippen molar-refractivity contribution in [2.75, 3.05) is 17.7 Å². The summed E-state index contributed by atoms with van der Waals surface area (Å²) in [6, 6.07) is 16.1. The fraction of sp³-hybridized carbons (Fsp3) is 0.105. The van der Waals surface area contributed by atoms with Gasteiger partial charge in [0.1, 0.15) is 17.5 Å². The quantitative estimate of drug-likeness (QED) is 0.635. The average Bonchev–Trinajstić information content (AvgIpc) is 2.63. The van der Waals surface area contributed by atoms with Crippen molar-refractivity contribution in [1.82, 2.24) is 9.97 Å². The van der Waals surface area contributed by atoms with E-state index in [1.165, 1.54) is 7.11 Å². The van der Waals surface area contributed by atoms with Gasteiger partial charge in [0.05, 0.1) is 12.7 Å². The van der Waals surface area contributed by atoms with Crippen LogP contribution < -0.4 is 10.6 Å². The van der Waals surface area contributed by atoms with E-state index in [1.807, 2.05) is 25.1 Å². The SMILES string of the molecule is COC(=O)c1cccc(Nc2cc(Nc3ccc(Cl)cc3)nc(C)n2)c1. The normalized spacial score (nSPS) is 10.3. The van der Waals surface area contributed by atoms with Gasteiger partial charge in [0.15, 0.2) is 0 Å². The van der Waals surface area contributed by atoms with Crippen LogP contribution in [0.15, 0.2) is 54.6 Å². The highest BCUT2D eigenvalue weighted by atomic mass is 35.5. The summed E-state index contributed by atoms with van der Waals surface area (Å²) in [5, 5.41) is 7.06. The first-order valence-electron chi connectivity index (χ1n) is 7.87. The van der Waals surface area contributed by atoms with Crippen LogP contribution in [0.3, 0.4) is 0 Å². The molecule has 3 rings (SSSR count). The van der Waals surface area contributed by atoms with Crippen LogP contribution in [-0.4, -0.2) is 23.0 Å². The first kappa shape index (κ1) is 17.7. The number of carbonyl (C=O) groups excluding carboxylic acids is 1. The van der Waals surface area contributed by atoms with Crippen molar-refractivity contribution in [3.05, 3.63) is 71.0 Å². The Bertz CT molecular complexity index is 929. The van der Waals surface area contributed by atoms with Crippen LogP contribution in [0.4, 0.5) is 23.0 Å². The maximum Gasteiger partial charge on any atom is 0.337 e. The first-order valence-corrected chi connectivity index (χ1v) is 8.25. The van der Waals surface area contributed by atoms with Gasteiger partial charge in [-0.2, -0.15) is 0 Å². The van der Waals surface area contributed by atoms with Crippen molar-refractivity contribution < 1.29 is 9.53 Å². The largest absolute Gasteiger partial charge is 0.465 e. The van der Waals surface area contributed by atoms with Gasteiger partial charge in [-0.3, -0.25) is 0 Å². The molecule has 3 aromatic rings. The van der Waals surface area contributed by atoms with Crippen molar-refractivity contribution in [3.8, 4) is 0 Å². The molecule has 0 amide bonds. The first-order chi connectivity index (χ1) is 12.5. The minimum absolute atomic E-state index is 0.391. The lowest BCUT2D eigenvalue weighted by Crippen LogP contribution is -2.03. The third kappa shape index (κ3) is 4.49. The van der Waals surface area contributed by atoms with Crippen molar-refractivity contribution in [2.45, 2.75) is 6.92 Å². The molecule has 0 bridgehead atoms. The molecule has 6 nitrogen and oxygen atoms in total. The van der Waals surface area contributed by atoms with Gasteiger partial charge in [-0.15, -0.1) is 0 Å². The number of nitrogens with one attached hydrogen (secondary N) is 2. The van der Waals surface area contributed by atoms with E-state index in [1.54, 1.807) is 36.4 Å². The molecule has 132 valence electrons. The number of aromatic nitrogens is 2. The average molecular weight is 369 g/mol. The van der Waals surface area contributed by atoms with Crippen molar-refractivity contribution in [3.63, 3.8) is 0 Å². The maximum atomic E-state index is 11.7. The zero-order valence-electron chi connectivity index (χ0n) is 14.3. The van der Waals surface area contributed by atoms with E-state index in [4.69, 9.17) is 16.3 Å². The minimum Gasteiger partial charge on any atom is -0.465 e. The fourth-order valence-corrected chi connectivity index (χ4v) is 2.49. The second-order valence-corrected chi connectivity index (χ2v) is 5.95. The second kappa shape index (κ2) is 7.84. The molecule has 0 saturated carbocycles. The number of carbonyl (C=O) groups is 1. The molecule has 0 aliphatic rings. The van der Waals surface area contributed by atoms with E-state index in [9.17, 15) is 4.79 Å². The maximum absolute atomic E-state index is 11.7. The van der Waals surface area contributed by atoms with Crippen molar-refractivity contribution in [2.24, 2.45) is 0 Å². The van der Waals surface area contributed by atoms with Gasteiger partial charge in [0.2, 0.25) is 0 Å². The Labute approximate surface area is 156 Å². The molecular weight excluding hydrogens is 352 g/mol. The highest BCUT2D eigenvalue weighted by molar-refractivity contribution is 6.30. The number of rotatable bonds is 5. The van der Waals surface area contributed by atoms with Crippen LogP contribution in [0, 0.1) is 6.92 Å². The summed E-state index contributed by atoms with van der Waals surface area (Å²) >= 11 is 5.90. The number of esters is 1. The Morgan fingerprint density at radius 2 is 1.62 bits per heavy atom. The molecule has 0 spiro atoms. The van der Waals surface area contributed by atoms with Gasteiger partial charge >= 0.3 is 5.97 Å². The molecule has 1 aromatic heterocycles. The van der Waals surface area contributed by atoms with Gasteiger partial charge in [-0.25, -0.2) is 14.8 Å². The summed E-state index contributed by atoms with van der Waals surface area (Å²) in [5.41, 5.74) is 2.05. The number of hydrogen-bond acceptors (Lipinski definition) is 6. The second-order valence-electron chi connectivity index (χ2n) is 5.51. The summed E-state index contributed by atoms with van der Waals surface area (Å²) < 4.78 is 4.74. The topological polar surface area (TPSA) is 76.1 Å². The standard InChI is InChI=1S/C19H17ClN4O2/c1-12-21-17(23-15-8-6-14(20)7-9-15)11-18(22-12)24-16-5-3-4-13(10-16)19(25)26-2/h3-11H,1-2H3,(H2,21,22,23,24). The van der Waals surface area contributed by atoms with Gasteiger partial charge in [-0.05, 0) is 49.4 Å². The number of anilines is 4. The number of benzene rings is 2. The van der Waals surface area contributed by atoms with Gasteiger partial charge < -0.3 is 15.4 Å². The minimum atomic E-state index is -0.391. The smallest absolute Gasteiger partial charge is 0.337 e. The number of methoxy groups -OCH3 is 1. The number of aryl methyl sites for hydroxylation is 1. The predicted molar refractivity (Wildman–Crippen MR) is 103 cm³/mol. The Hall–Kier alpha value is -3.12. The molecule has 0 atom stereocenters.